The van der Waals surface area contributed by atoms with Gasteiger partial charge in [0.15, 0.2) is 0 Å². The largest absolute Gasteiger partial charge is 0.465 e. The van der Waals surface area contributed by atoms with E-state index in [1.807, 2.05) is 24.3 Å². The van der Waals surface area contributed by atoms with Crippen LogP contribution in [0, 0.1) is 0 Å². The van der Waals surface area contributed by atoms with E-state index in [9.17, 15) is 17.8 Å². The smallest absolute Gasteiger partial charge is 0.325 e. The van der Waals surface area contributed by atoms with Crippen LogP contribution in [0.25, 0.3) is 21.8 Å². The molecular formula is C16H15NO5S. The molecule has 0 saturated carbocycles. The molecule has 1 N–H and O–H groups in total. The zero-order valence-corrected chi connectivity index (χ0v) is 13.2. The quantitative estimate of drug-likeness (QED) is 0.586. The first kappa shape index (κ1) is 15.5. The van der Waals surface area contributed by atoms with Gasteiger partial charge in [-0.15, -0.1) is 0 Å². The topological polar surface area (TPSA) is 85.6 Å². The Balaban J connectivity index is 2.28. The molecule has 3 rings (SSSR count). The zero-order chi connectivity index (χ0) is 16.6. The molecular weight excluding hydrogens is 318 g/mol. The highest BCUT2D eigenvalue weighted by Gasteiger charge is 2.17. The monoisotopic (exact) mass is 333 g/mol. The van der Waals surface area contributed by atoms with Crippen molar-refractivity contribution in [2.24, 2.45) is 0 Å². The number of rotatable bonds is 4. The third-order valence-electron chi connectivity index (χ3n) is 3.63. The number of nitrogens with zero attached hydrogens (tertiary/aromatic N) is 1. The summed E-state index contributed by atoms with van der Waals surface area (Å²) in [5.74, 6) is -0.367. The molecule has 7 heteroatoms. The number of hydrogen-bond acceptors (Lipinski definition) is 4. The van der Waals surface area contributed by atoms with Crippen LogP contribution < -0.4 is 0 Å². The number of para-hydroxylation sites is 1. The minimum absolute atomic E-state index is 0.0308. The third-order valence-corrected chi connectivity index (χ3v) is 4.48. The van der Waals surface area contributed by atoms with E-state index in [1.54, 1.807) is 17.6 Å². The Morgan fingerprint density at radius 1 is 1.13 bits per heavy atom. The van der Waals surface area contributed by atoms with E-state index in [1.165, 1.54) is 12.1 Å². The van der Waals surface area contributed by atoms with E-state index >= 15 is 0 Å². The Bertz CT molecular complexity index is 1000. The molecule has 0 bridgehead atoms. The Kier molecular flexibility index (Phi) is 3.83. The summed E-state index contributed by atoms with van der Waals surface area (Å²) < 4.78 is 38.7. The van der Waals surface area contributed by atoms with Crippen molar-refractivity contribution in [1.82, 2.24) is 4.57 Å². The van der Waals surface area contributed by atoms with Crippen molar-refractivity contribution in [2.75, 3.05) is 6.61 Å². The molecule has 0 atom stereocenters. The van der Waals surface area contributed by atoms with Gasteiger partial charge >= 0.3 is 5.97 Å². The molecule has 1 aromatic heterocycles. The molecule has 0 unspecified atom stereocenters. The predicted octanol–water partition coefficient (Wildman–Crippen LogP) is 2.60. The Morgan fingerprint density at radius 3 is 2.52 bits per heavy atom. The van der Waals surface area contributed by atoms with Gasteiger partial charge in [-0.05, 0) is 31.2 Å². The van der Waals surface area contributed by atoms with Crippen LogP contribution in [0.3, 0.4) is 0 Å². The van der Waals surface area contributed by atoms with E-state index in [0.717, 1.165) is 10.9 Å². The second-order valence-electron chi connectivity index (χ2n) is 5.06. The van der Waals surface area contributed by atoms with Gasteiger partial charge in [-0.2, -0.15) is 8.42 Å². The molecule has 0 amide bonds. The molecule has 0 spiro atoms. The van der Waals surface area contributed by atoms with Crippen molar-refractivity contribution >= 4 is 37.9 Å². The van der Waals surface area contributed by atoms with Crippen molar-refractivity contribution in [3.05, 3.63) is 42.5 Å². The summed E-state index contributed by atoms with van der Waals surface area (Å²) in [4.78, 5) is 11.7. The average Bonchev–Trinajstić information content (AvgIpc) is 2.81. The molecule has 120 valence electrons. The average molecular weight is 333 g/mol. The fourth-order valence-corrected chi connectivity index (χ4v) is 3.21. The summed E-state index contributed by atoms with van der Waals surface area (Å²) in [7, 11) is -4.29. The maximum Gasteiger partial charge on any atom is 0.325 e. The summed E-state index contributed by atoms with van der Waals surface area (Å²) in [6.07, 6.45) is 0. The normalized spacial score (nSPS) is 11.9. The number of esters is 1. The van der Waals surface area contributed by atoms with E-state index in [2.05, 4.69) is 0 Å². The van der Waals surface area contributed by atoms with Crippen molar-refractivity contribution in [2.45, 2.75) is 18.4 Å². The Morgan fingerprint density at radius 2 is 1.83 bits per heavy atom. The molecule has 6 nitrogen and oxygen atoms in total. The van der Waals surface area contributed by atoms with Gasteiger partial charge in [-0.25, -0.2) is 0 Å². The fourth-order valence-electron chi connectivity index (χ4n) is 2.70. The van der Waals surface area contributed by atoms with Crippen molar-refractivity contribution in [1.29, 1.82) is 0 Å². The summed E-state index contributed by atoms with van der Waals surface area (Å²) in [5.41, 5.74) is 1.50. The first-order valence-corrected chi connectivity index (χ1v) is 8.50. The lowest BCUT2D eigenvalue weighted by Gasteiger charge is -2.07. The van der Waals surface area contributed by atoms with Crippen LogP contribution in [0.1, 0.15) is 6.92 Å². The van der Waals surface area contributed by atoms with Crippen LogP contribution in [-0.2, 0) is 26.2 Å². The van der Waals surface area contributed by atoms with Gasteiger partial charge in [0.1, 0.15) is 6.54 Å². The standard InChI is InChI=1S/C16H15NO5S/c1-2-22-16(18)10-17-14-6-4-3-5-12(14)13-9-11(23(19,20)21)7-8-15(13)17/h3-9H,2,10H2,1H3,(H,19,20,21). The SMILES string of the molecule is CCOC(=O)Cn1c2ccccc2c2cc(S(=O)(=O)O)ccc21. The summed E-state index contributed by atoms with van der Waals surface area (Å²) in [6, 6.07) is 11.7. The summed E-state index contributed by atoms with van der Waals surface area (Å²) in [6.45, 7) is 2.06. The van der Waals surface area contributed by atoms with Gasteiger partial charge in [-0.1, -0.05) is 18.2 Å². The van der Waals surface area contributed by atoms with E-state index in [4.69, 9.17) is 4.74 Å². The molecule has 2 aromatic carbocycles. The maximum absolute atomic E-state index is 11.8. The highest BCUT2D eigenvalue weighted by molar-refractivity contribution is 7.85. The third kappa shape index (κ3) is 2.80. The van der Waals surface area contributed by atoms with E-state index in [-0.39, 0.29) is 17.4 Å². The predicted molar refractivity (Wildman–Crippen MR) is 85.9 cm³/mol. The van der Waals surface area contributed by atoms with Gasteiger partial charge < -0.3 is 9.30 Å². The van der Waals surface area contributed by atoms with Crippen LogP contribution in [-0.4, -0.2) is 30.1 Å². The first-order valence-electron chi connectivity index (χ1n) is 7.06. The number of benzene rings is 2. The molecule has 0 radical (unpaired) electrons. The fraction of sp³-hybridized carbons (Fsp3) is 0.188. The van der Waals surface area contributed by atoms with Crippen molar-refractivity contribution in [3.63, 3.8) is 0 Å². The van der Waals surface area contributed by atoms with E-state index < -0.39 is 10.1 Å². The number of aromatic nitrogens is 1. The number of fused-ring (bicyclic) bond motifs is 3. The van der Waals surface area contributed by atoms with Crippen LogP contribution in [0.15, 0.2) is 47.4 Å². The first-order chi connectivity index (χ1) is 10.9. The Hall–Kier alpha value is -2.38. The molecule has 0 aliphatic rings. The van der Waals surface area contributed by atoms with Crippen molar-refractivity contribution in [3.8, 4) is 0 Å². The minimum atomic E-state index is -4.29. The maximum atomic E-state index is 11.8. The molecule has 0 aliphatic heterocycles. The molecule has 3 aromatic rings. The van der Waals surface area contributed by atoms with Crippen LogP contribution in [0.4, 0.5) is 0 Å². The molecule has 0 aliphatic carbocycles. The number of hydrogen-bond donors (Lipinski definition) is 1. The highest BCUT2D eigenvalue weighted by Crippen LogP contribution is 2.30. The summed E-state index contributed by atoms with van der Waals surface area (Å²) >= 11 is 0. The number of carbonyl (C=O) groups excluding carboxylic acids is 1. The van der Waals surface area contributed by atoms with Gasteiger partial charge in [0.2, 0.25) is 0 Å². The second kappa shape index (κ2) is 5.68. The van der Waals surface area contributed by atoms with Crippen LogP contribution in [0.5, 0.6) is 0 Å². The summed E-state index contributed by atoms with van der Waals surface area (Å²) in [5, 5.41) is 1.46. The second-order valence-corrected chi connectivity index (χ2v) is 6.48. The van der Waals surface area contributed by atoms with Crippen LogP contribution in [0.2, 0.25) is 0 Å². The number of carbonyl (C=O) groups is 1. The minimum Gasteiger partial charge on any atom is -0.465 e. The van der Waals surface area contributed by atoms with Crippen LogP contribution >= 0.6 is 0 Å². The molecule has 23 heavy (non-hydrogen) atoms. The van der Waals surface area contributed by atoms with Gasteiger partial charge in [0, 0.05) is 21.8 Å². The lowest BCUT2D eigenvalue weighted by Crippen LogP contribution is -2.13. The van der Waals surface area contributed by atoms with Gasteiger partial charge in [0.05, 0.1) is 11.5 Å². The number of ether oxygens (including phenoxy) is 1. The molecule has 1 heterocycles. The molecule has 0 fully saturated rings. The van der Waals surface area contributed by atoms with Crippen molar-refractivity contribution < 1.29 is 22.5 Å². The Labute approximate surface area is 133 Å². The van der Waals surface area contributed by atoms with Gasteiger partial charge in [0.25, 0.3) is 10.1 Å². The highest BCUT2D eigenvalue weighted by atomic mass is 32.2. The van der Waals surface area contributed by atoms with E-state index in [0.29, 0.717) is 17.5 Å². The van der Waals surface area contributed by atoms with Gasteiger partial charge in [-0.3, -0.25) is 9.35 Å². The zero-order valence-electron chi connectivity index (χ0n) is 12.4. The lowest BCUT2D eigenvalue weighted by atomic mass is 10.1. The lowest BCUT2D eigenvalue weighted by molar-refractivity contribution is -0.143. The molecule has 0 saturated heterocycles.